The van der Waals surface area contributed by atoms with E-state index in [9.17, 15) is 0 Å². The maximum atomic E-state index is 6.34. The summed E-state index contributed by atoms with van der Waals surface area (Å²) >= 11 is 6.34. The number of rotatable bonds is 1. The highest BCUT2D eigenvalue weighted by Gasteiger charge is 2.09. The number of pyridine rings is 1. The van der Waals surface area contributed by atoms with Gasteiger partial charge in [0, 0.05) is 10.9 Å². The molecule has 1 nitrogen and oxygen atoms in total. The van der Waals surface area contributed by atoms with Crippen LogP contribution in [-0.2, 0) is 0 Å². The average Bonchev–Trinajstić information content (AvgIpc) is 2.38. The topological polar surface area (TPSA) is 12.9 Å². The van der Waals surface area contributed by atoms with Crippen molar-refractivity contribution >= 4 is 22.5 Å². The molecule has 0 amide bonds. The molecule has 0 atom stereocenters. The number of halogens is 1. The Morgan fingerprint density at radius 2 is 1.68 bits per heavy atom. The zero-order valence-electron chi connectivity index (χ0n) is 10.9. The molecular weight excluding hydrogens is 254 g/mol. The molecule has 0 fully saturated rings. The summed E-state index contributed by atoms with van der Waals surface area (Å²) in [6.45, 7) is 4.20. The summed E-state index contributed by atoms with van der Waals surface area (Å²) in [5, 5.41) is 1.67. The van der Waals surface area contributed by atoms with E-state index in [0.717, 1.165) is 22.0 Å². The summed E-state index contributed by atoms with van der Waals surface area (Å²) in [4.78, 5) is 4.48. The third kappa shape index (κ3) is 2.22. The molecule has 0 unspecified atom stereocenters. The summed E-state index contributed by atoms with van der Waals surface area (Å²) in [5.41, 5.74) is 5.55. The molecule has 3 rings (SSSR count). The first-order valence-corrected chi connectivity index (χ1v) is 6.66. The Morgan fingerprint density at radius 1 is 0.895 bits per heavy atom. The highest BCUT2D eigenvalue weighted by Crippen LogP contribution is 2.32. The Labute approximate surface area is 117 Å². The number of nitrogens with zero attached hydrogens (tertiary/aromatic N) is 1. The van der Waals surface area contributed by atoms with Crippen LogP contribution in [0, 0.1) is 13.8 Å². The van der Waals surface area contributed by atoms with Crippen LogP contribution in [0.15, 0.2) is 48.5 Å². The van der Waals surface area contributed by atoms with Crippen molar-refractivity contribution in [1.29, 1.82) is 0 Å². The lowest BCUT2D eigenvalue weighted by molar-refractivity contribution is 1.36. The molecule has 0 aliphatic rings. The monoisotopic (exact) mass is 267 g/mol. The third-order valence-electron chi connectivity index (χ3n) is 3.35. The molecule has 3 aromatic rings. The van der Waals surface area contributed by atoms with E-state index in [-0.39, 0.29) is 0 Å². The van der Waals surface area contributed by atoms with Crippen LogP contribution in [0.3, 0.4) is 0 Å². The van der Waals surface area contributed by atoms with Gasteiger partial charge >= 0.3 is 0 Å². The van der Waals surface area contributed by atoms with Crippen LogP contribution < -0.4 is 0 Å². The quantitative estimate of drug-likeness (QED) is 0.554. The predicted molar refractivity (Wildman–Crippen MR) is 81.7 cm³/mol. The molecule has 0 bridgehead atoms. The number of aromatic nitrogens is 1. The number of hydrogen-bond acceptors (Lipinski definition) is 1. The van der Waals surface area contributed by atoms with Gasteiger partial charge in [-0.25, -0.2) is 4.98 Å². The van der Waals surface area contributed by atoms with Crippen LogP contribution in [0.25, 0.3) is 22.0 Å². The Kier molecular flexibility index (Phi) is 3.00. The normalized spacial score (nSPS) is 10.9. The van der Waals surface area contributed by atoms with Gasteiger partial charge in [-0.15, -0.1) is 0 Å². The largest absolute Gasteiger partial charge is 0.235 e. The number of fused-ring (bicyclic) bond motifs is 1. The summed E-state index contributed by atoms with van der Waals surface area (Å²) in [6.07, 6.45) is 0. The molecule has 0 saturated heterocycles. The summed E-state index contributed by atoms with van der Waals surface area (Å²) in [6, 6.07) is 16.5. The van der Waals surface area contributed by atoms with Crippen LogP contribution >= 0.6 is 11.6 Å². The molecule has 0 saturated carbocycles. The second-order valence-electron chi connectivity index (χ2n) is 4.84. The van der Waals surface area contributed by atoms with Crippen molar-refractivity contribution in [3.8, 4) is 11.1 Å². The molecule has 1 heterocycles. The molecule has 1 aromatic heterocycles. The lowest BCUT2D eigenvalue weighted by Crippen LogP contribution is -1.89. The van der Waals surface area contributed by atoms with Crippen LogP contribution in [0.4, 0.5) is 0 Å². The molecule has 0 spiro atoms. The van der Waals surface area contributed by atoms with Crippen LogP contribution in [-0.4, -0.2) is 4.98 Å². The zero-order valence-corrected chi connectivity index (χ0v) is 11.7. The second kappa shape index (κ2) is 4.67. The summed E-state index contributed by atoms with van der Waals surface area (Å²) < 4.78 is 0. The van der Waals surface area contributed by atoms with Gasteiger partial charge in [0.1, 0.15) is 5.15 Å². The molecule has 19 heavy (non-hydrogen) atoms. The molecule has 0 N–H and O–H groups in total. The van der Waals surface area contributed by atoms with E-state index in [0.29, 0.717) is 5.15 Å². The van der Waals surface area contributed by atoms with Gasteiger partial charge in [0.25, 0.3) is 0 Å². The average molecular weight is 268 g/mol. The molecule has 2 aromatic carbocycles. The highest BCUT2D eigenvalue weighted by atomic mass is 35.5. The van der Waals surface area contributed by atoms with E-state index in [4.69, 9.17) is 11.6 Å². The van der Waals surface area contributed by atoms with Crippen molar-refractivity contribution < 1.29 is 0 Å². The molecular formula is C17H14ClN. The molecule has 94 valence electrons. The fraction of sp³-hybridized carbons (Fsp3) is 0.118. The van der Waals surface area contributed by atoms with Gasteiger partial charge in [-0.1, -0.05) is 53.6 Å². The van der Waals surface area contributed by atoms with Crippen molar-refractivity contribution in [2.24, 2.45) is 0 Å². The SMILES string of the molecule is Cc1ccc(-c2cc3ccccc3nc2Cl)c(C)c1. The van der Waals surface area contributed by atoms with Gasteiger partial charge in [-0.05, 0) is 37.1 Å². The van der Waals surface area contributed by atoms with E-state index in [1.54, 1.807) is 0 Å². The Bertz CT molecular complexity index is 762. The van der Waals surface area contributed by atoms with E-state index >= 15 is 0 Å². The molecule has 0 aliphatic heterocycles. The van der Waals surface area contributed by atoms with Crippen LogP contribution in [0.5, 0.6) is 0 Å². The Balaban J connectivity index is 2.27. The predicted octanol–water partition coefficient (Wildman–Crippen LogP) is 5.17. The van der Waals surface area contributed by atoms with Crippen LogP contribution in [0.2, 0.25) is 5.15 Å². The minimum absolute atomic E-state index is 0.561. The minimum atomic E-state index is 0.561. The lowest BCUT2D eigenvalue weighted by Gasteiger charge is -2.10. The number of hydrogen-bond donors (Lipinski definition) is 0. The van der Waals surface area contributed by atoms with Crippen molar-refractivity contribution in [3.63, 3.8) is 0 Å². The summed E-state index contributed by atoms with van der Waals surface area (Å²) in [5.74, 6) is 0. The fourth-order valence-corrected chi connectivity index (χ4v) is 2.64. The maximum Gasteiger partial charge on any atom is 0.137 e. The molecule has 0 radical (unpaired) electrons. The first-order chi connectivity index (χ1) is 9.15. The van der Waals surface area contributed by atoms with Crippen LogP contribution in [0.1, 0.15) is 11.1 Å². The van der Waals surface area contributed by atoms with E-state index < -0.39 is 0 Å². The van der Waals surface area contributed by atoms with Gasteiger partial charge in [-0.3, -0.25) is 0 Å². The first kappa shape index (κ1) is 12.2. The Hall–Kier alpha value is -1.86. The first-order valence-electron chi connectivity index (χ1n) is 6.28. The van der Waals surface area contributed by atoms with Gasteiger partial charge in [-0.2, -0.15) is 0 Å². The smallest absolute Gasteiger partial charge is 0.137 e. The standard InChI is InChI=1S/C17H14ClN/c1-11-7-8-14(12(2)9-11)15-10-13-5-3-4-6-16(13)19-17(15)18/h3-10H,1-2H3. The van der Waals surface area contributed by atoms with E-state index in [1.807, 2.05) is 18.2 Å². The third-order valence-corrected chi connectivity index (χ3v) is 3.64. The second-order valence-corrected chi connectivity index (χ2v) is 5.20. The number of para-hydroxylation sites is 1. The van der Waals surface area contributed by atoms with Gasteiger partial charge in [0.15, 0.2) is 0 Å². The zero-order chi connectivity index (χ0) is 13.4. The maximum absolute atomic E-state index is 6.34. The number of benzene rings is 2. The van der Waals surface area contributed by atoms with Gasteiger partial charge < -0.3 is 0 Å². The van der Waals surface area contributed by atoms with E-state index in [1.165, 1.54) is 11.1 Å². The van der Waals surface area contributed by atoms with Gasteiger partial charge in [0.2, 0.25) is 0 Å². The van der Waals surface area contributed by atoms with Crippen molar-refractivity contribution in [2.75, 3.05) is 0 Å². The van der Waals surface area contributed by atoms with Crippen molar-refractivity contribution in [1.82, 2.24) is 4.98 Å². The fourth-order valence-electron chi connectivity index (χ4n) is 2.40. The Morgan fingerprint density at radius 3 is 2.47 bits per heavy atom. The highest BCUT2D eigenvalue weighted by molar-refractivity contribution is 6.32. The van der Waals surface area contributed by atoms with E-state index in [2.05, 4.69) is 49.2 Å². The van der Waals surface area contributed by atoms with Crippen molar-refractivity contribution in [2.45, 2.75) is 13.8 Å². The minimum Gasteiger partial charge on any atom is -0.235 e. The van der Waals surface area contributed by atoms with Crippen molar-refractivity contribution in [3.05, 3.63) is 64.8 Å². The van der Waals surface area contributed by atoms with Gasteiger partial charge in [0.05, 0.1) is 5.52 Å². The number of aryl methyl sites for hydroxylation is 2. The lowest BCUT2D eigenvalue weighted by atomic mass is 9.99. The molecule has 2 heteroatoms. The molecule has 0 aliphatic carbocycles. The summed E-state index contributed by atoms with van der Waals surface area (Å²) in [7, 11) is 0.